The first-order valence-electron chi connectivity index (χ1n) is 10.1. The van der Waals surface area contributed by atoms with E-state index < -0.39 is 17.3 Å². The summed E-state index contributed by atoms with van der Waals surface area (Å²) in [7, 11) is 0. The molecule has 0 saturated carbocycles. The van der Waals surface area contributed by atoms with Crippen molar-refractivity contribution in [2.75, 3.05) is 5.32 Å². The maximum atomic E-state index is 12.8. The molecule has 0 radical (unpaired) electrons. The van der Waals surface area contributed by atoms with Crippen LogP contribution in [0.15, 0.2) is 33.2 Å². The van der Waals surface area contributed by atoms with E-state index in [9.17, 15) is 19.8 Å². The zero-order valence-corrected chi connectivity index (χ0v) is 22.2. The minimum atomic E-state index is -1.53. The zero-order valence-electron chi connectivity index (χ0n) is 18.3. The van der Waals surface area contributed by atoms with Crippen molar-refractivity contribution >= 4 is 61.0 Å². The van der Waals surface area contributed by atoms with E-state index in [0.717, 1.165) is 6.42 Å². The van der Waals surface area contributed by atoms with Crippen LogP contribution in [0.3, 0.4) is 0 Å². The second kappa shape index (κ2) is 10.9. The third-order valence-electron chi connectivity index (χ3n) is 5.17. The molecule has 2 rings (SSSR count). The standard InChI is InChI=1S/C23H26Br2ClNO5/c1-5-6-7-23(4,22(30)31)21(29)27-13-8-16(24)20(17(25)9-13)32-14-10-15(12(2)3)19(28)18(26)11-14/h8-12,28H,5-7H2,1-4H3,(H,27,29)(H,30,31). The highest BCUT2D eigenvalue weighted by atomic mass is 79.9. The molecule has 9 heteroatoms. The molecule has 0 heterocycles. The molecule has 2 aromatic carbocycles. The highest BCUT2D eigenvalue weighted by Crippen LogP contribution is 2.43. The Morgan fingerprint density at radius 2 is 1.78 bits per heavy atom. The molecule has 0 aliphatic heterocycles. The predicted molar refractivity (Wildman–Crippen MR) is 133 cm³/mol. The molecular weight excluding hydrogens is 566 g/mol. The van der Waals surface area contributed by atoms with Crippen LogP contribution in [0.1, 0.15) is 58.4 Å². The Morgan fingerprint density at radius 3 is 2.28 bits per heavy atom. The van der Waals surface area contributed by atoms with Crippen molar-refractivity contribution in [2.45, 2.75) is 52.9 Å². The topological polar surface area (TPSA) is 95.9 Å². The third kappa shape index (κ3) is 5.97. The van der Waals surface area contributed by atoms with E-state index in [-0.39, 0.29) is 23.1 Å². The van der Waals surface area contributed by atoms with Crippen molar-refractivity contribution < 1.29 is 24.5 Å². The van der Waals surface area contributed by atoms with E-state index >= 15 is 0 Å². The second-order valence-corrected chi connectivity index (χ2v) is 10.2. The lowest BCUT2D eigenvalue weighted by Gasteiger charge is -2.24. The summed E-state index contributed by atoms with van der Waals surface area (Å²) in [6, 6.07) is 6.49. The summed E-state index contributed by atoms with van der Waals surface area (Å²) in [6.45, 7) is 7.25. The number of phenols is 1. The third-order valence-corrected chi connectivity index (χ3v) is 6.63. The van der Waals surface area contributed by atoms with Crippen LogP contribution in [0, 0.1) is 5.41 Å². The highest BCUT2D eigenvalue weighted by Gasteiger charge is 2.40. The van der Waals surface area contributed by atoms with Crippen LogP contribution in [0.25, 0.3) is 0 Å². The Labute approximate surface area is 209 Å². The average Bonchev–Trinajstić information content (AvgIpc) is 2.70. The molecule has 32 heavy (non-hydrogen) atoms. The molecule has 0 spiro atoms. The molecule has 0 saturated heterocycles. The van der Waals surface area contributed by atoms with Gasteiger partial charge < -0.3 is 20.3 Å². The fourth-order valence-electron chi connectivity index (χ4n) is 3.06. The van der Waals surface area contributed by atoms with E-state index in [0.29, 0.717) is 38.1 Å². The predicted octanol–water partition coefficient (Wildman–Crippen LogP) is 7.71. The summed E-state index contributed by atoms with van der Waals surface area (Å²) in [5.41, 5.74) is -0.458. The monoisotopic (exact) mass is 589 g/mol. The van der Waals surface area contributed by atoms with Gasteiger partial charge in [-0.05, 0) is 69.3 Å². The summed E-state index contributed by atoms with van der Waals surface area (Å²) in [5.74, 6) is -0.810. The van der Waals surface area contributed by atoms with Gasteiger partial charge in [0.05, 0.1) is 14.0 Å². The number of ether oxygens (including phenoxy) is 1. The van der Waals surface area contributed by atoms with Crippen LogP contribution < -0.4 is 10.1 Å². The number of phenolic OH excluding ortho intramolecular Hbond substituents is 1. The molecule has 3 N–H and O–H groups in total. The molecule has 1 unspecified atom stereocenters. The van der Waals surface area contributed by atoms with E-state index in [1.54, 1.807) is 18.2 Å². The Hall–Kier alpha value is -1.77. The maximum absolute atomic E-state index is 12.8. The Balaban J connectivity index is 2.31. The molecule has 0 aliphatic rings. The van der Waals surface area contributed by atoms with Crippen molar-refractivity contribution in [1.82, 2.24) is 0 Å². The van der Waals surface area contributed by atoms with Gasteiger partial charge in [0.15, 0.2) is 5.75 Å². The molecule has 1 atom stereocenters. The van der Waals surface area contributed by atoms with Gasteiger partial charge in [0.2, 0.25) is 5.91 Å². The van der Waals surface area contributed by atoms with Gasteiger partial charge in [-0.2, -0.15) is 0 Å². The number of unbranched alkanes of at least 4 members (excludes halogenated alkanes) is 1. The molecule has 2 aromatic rings. The number of hydrogen-bond acceptors (Lipinski definition) is 4. The second-order valence-electron chi connectivity index (χ2n) is 8.06. The van der Waals surface area contributed by atoms with E-state index in [2.05, 4.69) is 37.2 Å². The molecular formula is C23H26Br2ClNO5. The van der Waals surface area contributed by atoms with E-state index in [1.165, 1.54) is 13.0 Å². The number of carboxylic acids is 1. The first-order valence-corrected chi connectivity index (χ1v) is 12.1. The number of carboxylic acid groups (broad SMARTS) is 1. The number of rotatable bonds is 9. The van der Waals surface area contributed by atoms with Crippen LogP contribution in [0.4, 0.5) is 5.69 Å². The number of amides is 1. The van der Waals surface area contributed by atoms with Crippen LogP contribution in [-0.2, 0) is 9.59 Å². The number of aromatic hydroxyl groups is 1. The number of carbonyl (C=O) groups excluding carboxylic acids is 1. The van der Waals surface area contributed by atoms with Gasteiger partial charge in [0, 0.05) is 17.3 Å². The lowest BCUT2D eigenvalue weighted by molar-refractivity contribution is -0.153. The first-order chi connectivity index (χ1) is 14.9. The van der Waals surface area contributed by atoms with Crippen molar-refractivity contribution in [1.29, 1.82) is 0 Å². The lowest BCUT2D eigenvalue weighted by atomic mass is 9.84. The number of anilines is 1. The Bertz CT molecular complexity index is 1000. The minimum absolute atomic E-state index is 0.0229. The van der Waals surface area contributed by atoms with Crippen molar-refractivity contribution in [3.8, 4) is 17.2 Å². The largest absolute Gasteiger partial charge is 0.506 e. The van der Waals surface area contributed by atoms with Gasteiger partial charge in [0.1, 0.15) is 16.9 Å². The summed E-state index contributed by atoms with van der Waals surface area (Å²) >= 11 is 13.0. The van der Waals surface area contributed by atoms with Crippen LogP contribution in [0.2, 0.25) is 5.02 Å². The first kappa shape index (κ1) is 26.5. The number of halogens is 3. The highest BCUT2D eigenvalue weighted by molar-refractivity contribution is 9.11. The zero-order chi connectivity index (χ0) is 24.2. The number of hydrogen-bond donors (Lipinski definition) is 3. The number of nitrogens with one attached hydrogen (secondary N) is 1. The SMILES string of the molecule is CCCCC(C)(C(=O)O)C(=O)Nc1cc(Br)c(Oc2cc(Cl)c(O)c(C(C)C)c2)c(Br)c1. The summed E-state index contributed by atoms with van der Waals surface area (Å²) in [6.07, 6.45) is 1.66. The fraction of sp³-hybridized carbons (Fsp3) is 0.391. The smallest absolute Gasteiger partial charge is 0.318 e. The van der Waals surface area contributed by atoms with Gasteiger partial charge in [-0.1, -0.05) is 45.2 Å². The molecule has 6 nitrogen and oxygen atoms in total. The van der Waals surface area contributed by atoms with Gasteiger partial charge in [-0.15, -0.1) is 0 Å². The number of benzene rings is 2. The molecule has 0 aliphatic carbocycles. The Kier molecular flexibility index (Phi) is 9.02. The van der Waals surface area contributed by atoms with Gasteiger partial charge in [-0.25, -0.2) is 0 Å². The molecule has 0 fully saturated rings. The molecule has 0 bridgehead atoms. The maximum Gasteiger partial charge on any atom is 0.318 e. The van der Waals surface area contributed by atoms with E-state index in [1.807, 2.05) is 20.8 Å². The molecule has 0 aromatic heterocycles. The summed E-state index contributed by atoms with van der Waals surface area (Å²) < 4.78 is 7.05. The minimum Gasteiger partial charge on any atom is -0.506 e. The number of carbonyl (C=O) groups is 2. The Morgan fingerprint density at radius 1 is 1.19 bits per heavy atom. The van der Waals surface area contributed by atoms with Crippen molar-refractivity contribution in [3.63, 3.8) is 0 Å². The molecule has 1 amide bonds. The fourth-order valence-corrected chi connectivity index (χ4v) is 4.62. The average molecular weight is 592 g/mol. The lowest BCUT2D eigenvalue weighted by Crippen LogP contribution is -2.40. The van der Waals surface area contributed by atoms with E-state index in [4.69, 9.17) is 16.3 Å². The molecule has 174 valence electrons. The van der Waals surface area contributed by atoms with Crippen LogP contribution >= 0.6 is 43.5 Å². The number of aliphatic carboxylic acids is 1. The van der Waals surface area contributed by atoms with Gasteiger partial charge >= 0.3 is 5.97 Å². The summed E-state index contributed by atoms with van der Waals surface area (Å²) in [5, 5.41) is 22.6. The van der Waals surface area contributed by atoms with Gasteiger partial charge in [0.25, 0.3) is 0 Å². The summed E-state index contributed by atoms with van der Waals surface area (Å²) in [4.78, 5) is 24.5. The van der Waals surface area contributed by atoms with Crippen molar-refractivity contribution in [3.05, 3.63) is 43.8 Å². The van der Waals surface area contributed by atoms with Crippen LogP contribution in [0.5, 0.6) is 17.2 Å². The quantitative estimate of drug-likeness (QED) is 0.260. The normalized spacial score (nSPS) is 13.0. The van der Waals surface area contributed by atoms with Crippen LogP contribution in [-0.4, -0.2) is 22.1 Å². The van der Waals surface area contributed by atoms with Gasteiger partial charge in [-0.3, -0.25) is 9.59 Å². The van der Waals surface area contributed by atoms with Crippen molar-refractivity contribution in [2.24, 2.45) is 5.41 Å².